The normalized spacial score (nSPS) is 13.5. The molecular weight excluding hydrogens is 295 g/mol. The van der Waals surface area contributed by atoms with E-state index >= 15 is 0 Å². The molecule has 0 spiro atoms. The van der Waals surface area contributed by atoms with Gasteiger partial charge in [-0.3, -0.25) is 4.90 Å². The van der Waals surface area contributed by atoms with Crippen molar-refractivity contribution in [2.75, 3.05) is 7.05 Å². The molecule has 22 heavy (non-hydrogen) atoms. The average Bonchev–Trinajstić information content (AvgIpc) is 2.83. The van der Waals surface area contributed by atoms with Crippen molar-refractivity contribution in [3.63, 3.8) is 0 Å². The van der Waals surface area contributed by atoms with Gasteiger partial charge >= 0.3 is 6.18 Å². The predicted octanol–water partition coefficient (Wildman–Crippen LogP) is 3.34. The molecule has 0 amide bonds. The van der Waals surface area contributed by atoms with Gasteiger partial charge < -0.3 is 9.67 Å². The lowest BCUT2D eigenvalue weighted by atomic mass is 10.1. The fraction of sp³-hybridized carbons (Fsp3) is 0.400. The molecule has 7 heteroatoms. The van der Waals surface area contributed by atoms with Crippen LogP contribution in [0.5, 0.6) is 5.75 Å². The van der Waals surface area contributed by atoms with Crippen LogP contribution in [0, 0.1) is 0 Å². The lowest BCUT2D eigenvalue weighted by molar-refractivity contribution is -0.141. The highest BCUT2D eigenvalue weighted by Crippen LogP contribution is 2.24. The number of alkyl halides is 3. The third kappa shape index (κ3) is 4.24. The zero-order chi connectivity index (χ0) is 16.3. The fourth-order valence-electron chi connectivity index (χ4n) is 2.23. The first-order chi connectivity index (χ1) is 10.3. The van der Waals surface area contributed by atoms with Gasteiger partial charge in [-0.05, 0) is 31.7 Å². The van der Waals surface area contributed by atoms with E-state index in [9.17, 15) is 18.3 Å². The van der Waals surface area contributed by atoms with Crippen LogP contribution in [0.4, 0.5) is 13.2 Å². The molecule has 1 aromatic carbocycles. The number of hydrogen-bond donors (Lipinski definition) is 1. The van der Waals surface area contributed by atoms with Crippen LogP contribution in [0.15, 0.2) is 36.7 Å². The summed E-state index contributed by atoms with van der Waals surface area (Å²) in [5.41, 5.74) is 0.886. The number of phenols is 1. The molecule has 120 valence electrons. The summed E-state index contributed by atoms with van der Waals surface area (Å²) in [4.78, 5) is 5.88. The number of aromatic nitrogens is 2. The van der Waals surface area contributed by atoms with E-state index in [1.165, 1.54) is 12.4 Å². The van der Waals surface area contributed by atoms with Gasteiger partial charge in [0.15, 0.2) is 0 Å². The van der Waals surface area contributed by atoms with Crippen molar-refractivity contribution < 1.29 is 18.3 Å². The highest BCUT2D eigenvalue weighted by molar-refractivity contribution is 5.29. The molecule has 4 nitrogen and oxygen atoms in total. The van der Waals surface area contributed by atoms with Crippen molar-refractivity contribution in [3.05, 3.63) is 48.0 Å². The van der Waals surface area contributed by atoms with Crippen LogP contribution < -0.4 is 0 Å². The molecule has 2 aromatic rings. The van der Waals surface area contributed by atoms with Crippen molar-refractivity contribution in [2.45, 2.75) is 32.2 Å². The standard InChI is InChI=1S/C15H18F3N3O/c1-11(12-4-3-5-13(22)8-12)20(2)9-14-19-6-7-21(14)10-15(16,17)18/h3-8,11,22H,9-10H2,1-2H3/t11-/m1/s1. The van der Waals surface area contributed by atoms with E-state index < -0.39 is 12.7 Å². The van der Waals surface area contributed by atoms with Gasteiger partial charge in [0.25, 0.3) is 0 Å². The van der Waals surface area contributed by atoms with Gasteiger partial charge in [0.05, 0.1) is 6.54 Å². The Kier molecular flexibility index (Phi) is 4.75. The summed E-state index contributed by atoms with van der Waals surface area (Å²) in [6.45, 7) is 1.16. The Bertz CT molecular complexity index is 624. The van der Waals surface area contributed by atoms with Gasteiger partial charge in [-0.2, -0.15) is 13.2 Å². The van der Waals surface area contributed by atoms with Crippen LogP contribution in [0.3, 0.4) is 0 Å². The van der Waals surface area contributed by atoms with Crippen LogP contribution in [0.1, 0.15) is 24.4 Å². The molecule has 1 aromatic heterocycles. The van der Waals surface area contributed by atoms with Crippen molar-refractivity contribution in [3.8, 4) is 5.75 Å². The van der Waals surface area contributed by atoms with E-state index in [0.29, 0.717) is 5.82 Å². The Hall–Kier alpha value is -2.02. The van der Waals surface area contributed by atoms with Gasteiger partial charge in [0.1, 0.15) is 18.1 Å². The number of phenolic OH excluding ortho intramolecular Hbond substituents is 1. The summed E-state index contributed by atoms with van der Waals surface area (Å²) >= 11 is 0. The topological polar surface area (TPSA) is 41.3 Å². The molecular formula is C15H18F3N3O. The van der Waals surface area contributed by atoms with Gasteiger partial charge in [-0.25, -0.2) is 4.98 Å². The summed E-state index contributed by atoms with van der Waals surface area (Å²) in [5, 5.41) is 9.51. The molecule has 0 saturated heterocycles. The SMILES string of the molecule is C[C@H](c1cccc(O)c1)N(C)Cc1nccn1CC(F)(F)F. The molecule has 0 fully saturated rings. The summed E-state index contributed by atoms with van der Waals surface area (Å²) in [6, 6.07) is 6.75. The Morgan fingerprint density at radius 3 is 2.73 bits per heavy atom. The number of rotatable bonds is 5. The monoisotopic (exact) mass is 313 g/mol. The molecule has 1 atom stereocenters. The highest BCUT2D eigenvalue weighted by Gasteiger charge is 2.29. The van der Waals surface area contributed by atoms with E-state index in [1.54, 1.807) is 25.2 Å². The number of hydrogen-bond acceptors (Lipinski definition) is 3. The smallest absolute Gasteiger partial charge is 0.406 e. The quantitative estimate of drug-likeness (QED) is 0.920. The second-order valence-electron chi connectivity index (χ2n) is 5.27. The highest BCUT2D eigenvalue weighted by atomic mass is 19.4. The maximum absolute atomic E-state index is 12.5. The molecule has 1 heterocycles. The van der Waals surface area contributed by atoms with Crippen molar-refractivity contribution in [1.82, 2.24) is 14.5 Å². The largest absolute Gasteiger partial charge is 0.508 e. The van der Waals surface area contributed by atoms with Crippen LogP contribution >= 0.6 is 0 Å². The molecule has 2 rings (SSSR count). The molecule has 0 bridgehead atoms. The van der Waals surface area contributed by atoms with E-state index in [-0.39, 0.29) is 18.3 Å². The fourth-order valence-corrected chi connectivity index (χ4v) is 2.23. The van der Waals surface area contributed by atoms with E-state index in [4.69, 9.17) is 0 Å². The first kappa shape index (κ1) is 16.4. The second-order valence-corrected chi connectivity index (χ2v) is 5.27. The Balaban J connectivity index is 2.09. The Morgan fingerprint density at radius 1 is 1.36 bits per heavy atom. The number of nitrogens with zero attached hydrogens (tertiary/aromatic N) is 3. The molecule has 0 unspecified atom stereocenters. The van der Waals surface area contributed by atoms with Crippen LogP contribution in [-0.2, 0) is 13.1 Å². The van der Waals surface area contributed by atoms with Crippen LogP contribution in [-0.4, -0.2) is 32.8 Å². The van der Waals surface area contributed by atoms with Gasteiger partial charge in [0.2, 0.25) is 0 Å². The summed E-state index contributed by atoms with van der Waals surface area (Å²) < 4.78 is 38.6. The molecule has 0 aliphatic rings. The lowest BCUT2D eigenvalue weighted by Gasteiger charge is -2.25. The number of imidazole rings is 1. The minimum Gasteiger partial charge on any atom is -0.508 e. The summed E-state index contributed by atoms with van der Waals surface area (Å²) in [7, 11) is 1.81. The third-order valence-electron chi connectivity index (χ3n) is 3.56. The molecule has 0 radical (unpaired) electrons. The number of halogens is 3. The first-order valence-corrected chi connectivity index (χ1v) is 6.82. The predicted molar refractivity (Wildman–Crippen MR) is 76.3 cm³/mol. The maximum Gasteiger partial charge on any atom is 0.406 e. The first-order valence-electron chi connectivity index (χ1n) is 6.82. The summed E-state index contributed by atoms with van der Waals surface area (Å²) in [5.74, 6) is 0.517. The van der Waals surface area contributed by atoms with Crippen LogP contribution in [0.2, 0.25) is 0 Å². The molecule has 0 aliphatic heterocycles. The van der Waals surface area contributed by atoms with Gasteiger partial charge in [-0.15, -0.1) is 0 Å². The minimum absolute atomic E-state index is 0.0665. The Labute approximate surface area is 126 Å². The van der Waals surface area contributed by atoms with E-state index in [0.717, 1.165) is 10.1 Å². The average molecular weight is 313 g/mol. The van der Waals surface area contributed by atoms with E-state index in [2.05, 4.69) is 4.98 Å². The maximum atomic E-state index is 12.5. The minimum atomic E-state index is -4.27. The van der Waals surface area contributed by atoms with Crippen molar-refractivity contribution in [1.29, 1.82) is 0 Å². The number of benzene rings is 1. The van der Waals surface area contributed by atoms with Gasteiger partial charge in [0, 0.05) is 18.4 Å². The molecule has 0 aliphatic carbocycles. The molecule has 0 saturated carbocycles. The third-order valence-corrected chi connectivity index (χ3v) is 3.56. The van der Waals surface area contributed by atoms with Gasteiger partial charge in [-0.1, -0.05) is 12.1 Å². The Morgan fingerprint density at radius 2 is 2.09 bits per heavy atom. The second kappa shape index (κ2) is 6.39. The number of aromatic hydroxyl groups is 1. The molecule has 1 N–H and O–H groups in total. The zero-order valence-electron chi connectivity index (χ0n) is 12.4. The summed E-state index contributed by atoms with van der Waals surface area (Å²) in [6.07, 6.45) is -1.57. The van der Waals surface area contributed by atoms with Crippen LogP contribution in [0.25, 0.3) is 0 Å². The lowest BCUT2D eigenvalue weighted by Crippen LogP contribution is -2.26. The van der Waals surface area contributed by atoms with E-state index in [1.807, 2.05) is 17.9 Å². The van der Waals surface area contributed by atoms with Crippen molar-refractivity contribution >= 4 is 0 Å². The van der Waals surface area contributed by atoms with Crippen molar-refractivity contribution in [2.24, 2.45) is 0 Å². The zero-order valence-corrected chi connectivity index (χ0v) is 12.4.